The van der Waals surface area contributed by atoms with Crippen LogP contribution < -0.4 is 10.6 Å². The molecule has 0 bridgehead atoms. The van der Waals surface area contributed by atoms with E-state index in [0.717, 1.165) is 11.1 Å². The van der Waals surface area contributed by atoms with Gasteiger partial charge in [0.05, 0.1) is 6.42 Å². The molecular weight excluding hydrogens is 328 g/mol. The second kappa shape index (κ2) is 6.71. The molecule has 0 aliphatic carbocycles. The van der Waals surface area contributed by atoms with Gasteiger partial charge in [-0.05, 0) is 23.8 Å². The molecule has 2 heterocycles. The zero-order valence-corrected chi connectivity index (χ0v) is 14.8. The van der Waals surface area contributed by atoms with Crippen LogP contribution in [-0.2, 0) is 18.3 Å². The van der Waals surface area contributed by atoms with Gasteiger partial charge in [-0.15, -0.1) is 0 Å². The fourth-order valence-corrected chi connectivity index (χ4v) is 3.63. The SMILES string of the molecule is Cn1c2ccccc2c2cc(CC(=O)NCCN3CCNC3=O)ccc21. The molecule has 6 heteroatoms. The average molecular weight is 350 g/mol. The minimum absolute atomic E-state index is 0.0239. The van der Waals surface area contributed by atoms with E-state index in [0.29, 0.717) is 32.6 Å². The first-order valence-corrected chi connectivity index (χ1v) is 8.89. The van der Waals surface area contributed by atoms with E-state index in [1.807, 2.05) is 18.2 Å². The normalized spacial score (nSPS) is 14.2. The molecule has 0 spiro atoms. The minimum atomic E-state index is -0.0549. The molecule has 3 amide bonds. The summed E-state index contributed by atoms with van der Waals surface area (Å²) in [6.07, 6.45) is 0.339. The van der Waals surface area contributed by atoms with Crippen LogP contribution in [0.1, 0.15) is 5.56 Å². The first kappa shape index (κ1) is 16.4. The van der Waals surface area contributed by atoms with Gasteiger partial charge in [-0.2, -0.15) is 0 Å². The van der Waals surface area contributed by atoms with Crippen molar-refractivity contribution < 1.29 is 9.59 Å². The van der Waals surface area contributed by atoms with Crippen LogP contribution in [0.2, 0.25) is 0 Å². The molecule has 1 saturated heterocycles. The highest BCUT2D eigenvalue weighted by Crippen LogP contribution is 2.28. The Morgan fingerprint density at radius 1 is 1.15 bits per heavy atom. The monoisotopic (exact) mass is 350 g/mol. The number of aryl methyl sites for hydroxylation is 1. The number of nitrogens with one attached hydrogen (secondary N) is 2. The van der Waals surface area contributed by atoms with Gasteiger partial charge in [-0.25, -0.2) is 4.79 Å². The summed E-state index contributed by atoms with van der Waals surface area (Å²) in [6.45, 7) is 2.40. The van der Waals surface area contributed by atoms with Crippen molar-refractivity contribution in [3.8, 4) is 0 Å². The number of hydrogen-bond acceptors (Lipinski definition) is 2. The highest BCUT2D eigenvalue weighted by molar-refractivity contribution is 6.08. The molecule has 3 aromatic rings. The van der Waals surface area contributed by atoms with E-state index in [1.54, 1.807) is 4.90 Å². The molecule has 0 radical (unpaired) electrons. The van der Waals surface area contributed by atoms with E-state index in [9.17, 15) is 9.59 Å². The number of carbonyl (C=O) groups is 2. The number of rotatable bonds is 5. The molecule has 0 atom stereocenters. The van der Waals surface area contributed by atoms with Gasteiger partial charge in [0, 0.05) is 55.0 Å². The fraction of sp³-hybridized carbons (Fsp3) is 0.300. The minimum Gasteiger partial charge on any atom is -0.354 e. The maximum Gasteiger partial charge on any atom is 0.317 e. The third-order valence-corrected chi connectivity index (χ3v) is 4.99. The molecule has 0 saturated carbocycles. The molecule has 0 unspecified atom stereocenters. The Balaban J connectivity index is 1.44. The van der Waals surface area contributed by atoms with Gasteiger partial charge < -0.3 is 20.1 Å². The fourth-order valence-electron chi connectivity index (χ4n) is 3.63. The van der Waals surface area contributed by atoms with E-state index in [1.165, 1.54) is 16.3 Å². The molecule has 6 nitrogen and oxygen atoms in total. The average Bonchev–Trinajstić information content (AvgIpc) is 3.17. The number of amides is 3. The van der Waals surface area contributed by atoms with Gasteiger partial charge >= 0.3 is 6.03 Å². The number of nitrogens with zero attached hydrogens (tertiary/aromatic N) is 2. The van der Waals surface area contributed by atoms with Gasteiger partial charge in [-0.3, -0.25) is 4.79 Å². The zero-order chi connectivity index (χ0) is 18.1. The Labute approximate surface area is 151 Å². The number of urea groups is 1. The number of fused-ring (bicyclic) bond motifs is 3. The lowest BCUT2D eigenvalue weighted by molar-refractivity contribution is -0.120. The summed E-state index contributed by atoms with van der Waals surface area (Å²) in [7, 11) is 2.06. The standard InChI is InChI=1S/C20H22N4O2/c1-23-17-5-3-2-4-15(17)16-12-14(6-7-18(16)23)13-19(25)21-8-10-24-11-9-22-20(24)26/h2-7,12H,8-11,13H2,1H3,(H,21,25)(H,22,26). The van der Waals surface area contributed by atoms with Crippen molar-refractivity contribution in [2.45, 2.75) is 6.42 Å². The Hall–Kier alpha value is -3.02. The quantitative estimate of drug-likeness (QED) is 0.739. The summed E-state index contributed by atoms with van der Waals surface area (Å²) >= 11 is 0. The number of aromatic nitrogens is 1. The van der Waals surface area contributed by atoms with Crippen molar-refractivity contribution in [1.82, 2.24) is 20.1 Å². The second-order valence-electron chi connectivity index (χ2n) is 6.67. The van der Waals surface area contributed by atoms with Gasteiger partial charge in [0.25, 0.3) is 0 Å². The summed E-state index contributed by atoms with van der Waals surface area (Å²) < 4.78 is 2.18. The molecule has 1 aromatic heterocycles. The predicted octanol–water partition coefficient (Wildman–Crippen LogP) is 2.02. The van der Waals surface area contributed by atoms with Crippen LogP contribution in [0, 0.1) is 0 Å². The van der Waals surface area contributed by atoms with Crippen molar-refractivity contribution >= 4 is 33.7 Å². The lowest BCUT2D eigenvalue weighted by Gasteiger charge is -2.14. The Morgan fingerprint density at radius 3 is 2.77 bits per heavy atom. The van der Waals surface area contributed by atoms with Crippen LogP contribution in [0.3, 0.4) is 0 Å². The van der Waals surface area contributed by atoms with E-state index >= 15 is 0 Å². The topological polar surface area (TPSA) is 66.4 Å². The summed E-state index contributed by atoms with van der Waals surface area (Å²) in [5.74, 6) is -0.0239. The van der Waals surface area contributed by atoms with E-state index in [-0.39, 0.29) is 11.9 Å². The van der Waals surface area contributed by atoms with Gasteiger partial charge in [0.1, 0.15) is 0 Å². The molecule has 2 aromatic carbocycles. The van der Waals surface area contributed by atoms with Gasteiger partial charge in [-0.1, -0.05) is 24.3 Å². The molecule has 134 valence electrons. The Bertz CT molecular complexity index is 992. The lowest BCUT2D eigenvalue weighted by Crippen LogP contribution is -2.37. The maximum atomic E-state index is 12.2. The van der Waals surface area contributed by atoms with Crippen molar-refractivity contribution in [1.29, 1.82) is 0 Å². The Morgan fingerprint density at radius 2 is 1.96 bits per heavy atom. The summed E-state index contributed by atoms with van der Waals surface area (Å²) in [6, 6.07) is 14.4. The number of para-hydroxylation sites is 1. The van der Waals surface area contributed by atoms with E-state index in [2.05, 4.69) is 46.5 Å². The molecule has 4 rings (SSSR count). The smallest absolute Gasteiger partial charge is 0.317 e. The molecule has 1 fully saturated rings. The molecule has 26 heavy (non-hydrogen) atoms. The van der Waals surface area contributed by atoms with Gasteiger partial charge in [0.2, 0.25) is 5.91 Å². The summed E-state index contributed by atoms with van der Waals surface area (Å²) in [5, 5.41) is 8.03. The third-order valence-electron chi connectivity index (χ3n) is 4.99. The first-order valence-electron chi connectivity index (χ1n) is 8.89. The summed E-state index contributed by atoms with van der Waals surface area (Å²) in [4.78, 5) is 25.4. The van der Waals surface area contributed by atoms with E-state index in [4.69, 9.17) is 0 Å². The molecular formula is C20H22N4O2. The predicted molar refractivity (Wildman–Crippen MR) is 102 cm³/mol. The lowest BCUT2D eigenvalue weighted by atomic mass is 10.1. The molecule has 1 aliphatic rings. The van der Waals surface area contributed by atoms with Gasteiger partial charge in [0.15, 0.2) is 0 Å². The second-order valence-corrected chi connectivity index (χ2v) is 6.67. The van der Waals surface area contributed by atoms with Crippen molar-refractivity contribution in [3.05, 3.63) is 48.0 Å². The largest absolute Gasteiger partial charge is 0.354 e. The van der Waals surface area contributed by atoms with Crippen LogP contribution in [0.25, 0.3) is 21.8 Å². The van der Waals surface area contributed by atoms with Crippen LogP contribution in [-0.4, -0.2) is 47.6 Å². The number of carbonyl (C=O) groups excluding carboxylic acids is 2. The summed E-state index contributed by atoms with van der Waals surface area (Å²) in [5.41, 5.74) is 3.34. The number of hydrogen-bond donors (Lipinski definition) is 2. The van der Waals surface area contributed by atoms with Crippen molar-refractivity contribution in [2.75, 3.05) is 26.2 Å². The third kappa shape index (κ3) is 2.98. The van der Waals surface area contributed by atoms with E-state index < -0.39 is 0 Å². The van der Waals surface area contributed by atoms with Crippen molar-refractivity contribution in [3.63, 3.8) is 0 Å². The highest BCUT2D eigenvalue weighted by atomic mass is 16.2. The van der Waals surface area contributed by atoms with Crippen LogP contribution >= 0.6 is 0 Å². The highest BCUT2D eigenvalue weighted by Gasteiger charge is 2.18. The Kier molecular flexibility index (Phi) is 4.24. The maximum absolute atomic E-state index is 12.2. The molecule has 1 aliphatic heterocycles. The van der Waals surface area contributed by atoms with Crippen LogP contribution in [0.5, 0.6) is 0 Å². The molecule has 2 N–H and O–H groups in total. The van der Waals surface area contributed by atoms with Crippen molar-refractivity contribution in [2.24, 2.45) is 7.05 Å². The first-order chi connectivity index (χ1) is 12.6. The zero-order valence-electron chi connectivity index (χ0n) is 14.8. The number of benzene rings is 2. The van der Waals surface area contributed by atoms with Crippen LogP contribution in [0.15, 0.2) is 42.5 Å². The van der Waals surface area contributed by atoms with Crippen LogP contribution in [0.4, 0.5) is 4.79 Å².